The fourth-order valence-corrected chi connectivity index (χ4v) is 2.87. The second kappa shape index (κ2) is 6.28. The third-order valence-electron chi connectivity index (χ3n) is 3.78. The summed E-state index contributed by atoms with van der Waals surface area (Å²) in [4.78, 5) is 0. The Balaban J connectivity index is 2.20. The second-order valence-corrected chi connectivity index (χ2v) is 5.14. The number of hydrogen-bond acceptors (Lipinski definition) is 1. The molecule has 0 aromatic heterocycles. The minimum Gasteiger partial charge on any atom is -0.310 e. The zero-order valence-electron chi connectivity index (χ0n) is 10.9. The molecule has 1 aliphatic carbocycles. The summed E-state index contributed by atoms with van der Waals surface area (Å²) in [6, 6.07) is 3.97. The fraction of sp³-hybridized carbons (Fsp3) is 0.600. The smallest absolute Gasteiger partial charge is 0.130 e. The molecule has 1 aliphatic rings. The Morgan fingerprint density at radius 3 is 2.61 bits per heavy atom. The highest BCUT2D eigenvalue weighted by Gasteiger charge is 2.27. The van der Waals surface area contributed by atoms with Crippen LogP contribution in [0.2, 0.25) is 0 Å². The summed E-state index contributed by atoms with van der Waals surface area (Å²) in [6.07, 6.45) is 5.73. The van der Waals surface area contributed by atoms with Gasteiger partial charge in [-0.1, -0.05) is 25.8 Å². The average Bonchev–Trinajstić information content (AvgIpc) is 2.85. The van der Waals surface area contributed by atoms with Crippen molar-refractivity contribution in [2.75, 3.05) is 6.54 Å². The van der Waals surface area contributed by atoms with Crippen molar-refractivity contribution in [2.45, 2.75) is 45.1 Å². The molecule has 1 atom stereocenters. The van der Waals surface area contributed by atoms with Gasteiger partial charge in [0, 0.05) is 17.7 Å². The highest BCUT2D eigenvalue weighted by molar-refractivity contribution is 5.23. The molecule has 0 radical (unpaired) electrons. The van der Waals surface area contributed by atoms with Crippen LogP contribution in [-0.2, 0) is 0 Å². The molecule has 1 saturated carbocycles. The monoisotopic (exact) mass is 253 g/mol. The van der Waals surface area contributed by atoms with Crippen LogP contribution in [0.5, 0.6) is 0 Å². The first-order chi connectivity index (χ1) is 8.72. The van der Waals surface area contributed by atoms with E-state index < -0.39 is 11.6 Å². The van der Waals surface area contributed by atoms with Gasteiger partial charge in [0.15, 0.2) is 0 Å². The van der Waals surface area contributed by atoms with Gasteiger partial charge in [-0.2, -0.15) is 0 Å². The molecule has 0 saturated heterocycles. The normalized spacial score (nSPS) is 18.2. The standard InChI is InChI=1S/C15H21F2N/c1-2-9-18-15(11-5-3-4-6-11)13-8-7-12(16)10-14(13)17/h7-8,10-11,15,18H,2-6,9H2,1H3. The molecule has 0 heterocycles. The summed E-state index contributed by atoms with van der Waals surface area (Å²) in [5.41, 5.74) is 0.622. The largest absolute Gasteiger partial charge is 0.310 e. The van der Waals surface area contributed by atoms with Crippen LogP contribution in [0.3, 0.4) is 0 Å². The van der Waals surface area contributed by atoms with Crippen molar-refractivity contribution >= 4 is 0 Å². The van der Waals surface area contributed by atoms with Crippen LogP contribution in [0.1, 0.15) is 50.6 Å². The topological polar surface area (TPSA) is 12.0 Å². The molecule has 1 nitrogen and oxygen atoms in total. The van der Waals surface area contributed by atoms with Crippen LogP contribution in [0.15, 0.2) is 18.2 Å². The maximum atomic E-state index is 13.9. The lowest BCUT2D eigenvalue weighted by atomic mass is 9.91. The quantitative estimate of drug-likeness (QED) is 0.829. The summed E-state index contributed by atoms with van der Waals surface area (Å²) in [6.45, 7) is 2.97. The lowest BCUT2D eigenvalue weighted by Gasteiger charge is -2.25. The molecule has 1 N–H and O–H groups in total. The van der Waals surface area contributed by atoms with E-state index in [0.29, 0.717) is 11.5 Å². The lowest BCUT2D eigenvalue weighted by Crippen LogP contribution is -2.28. The van der Waals surface area contributed by atoms with Gasteiger partial charge in [0.1, 0.15) is 11.6 Å². The van der Waals surface area contributed by atoms with Gasteiger partial charge < -0.3 is 5.32 Å². The highest BCUT2D eigenvalue weighted by atomic mass is 19.1. The van der Waals surface area contributed by atoms with Gasteiger partial charge in [-0.05, 0) is 37.8 Å². The predicted molar refractivity (Wildman–Crippen MR) is 69.4 cm³/mol. The minimum absolute atomic E-state index is 0.0352. The summed E-state index contributed by atoms with van der Waals surface area (Å²) in [5, 5.41) is 3.43. The summed E-state index contributed by atoms with van der Waals surface area (Å²) < 4.78 is 26.9. The van der Waals surface area contributed by atoms with Gasteiger partial charge in [0.05, 0.1) is 0 Å². The third-order valence-corrected chi connectivity index (χ3v) is 3.78. The molecule has 100 valence electrons. The molecule has 1 unspecified atom stereocenters. The Morgan fingerprint density at radius 2 is 2.00 bits per heavy atom. The van der Waals surface area contributed by atoms with Crippen molar-refractivity contribution in [3.05, 3.63) is 35.4 Å². The maximum Gasteiger partial charge on any atom is 0.130 e. The number of benzene rings is 1. The molecule has 0 bridgehead atoms. The summed E-state index contributed by atoms with van der Waals surface area (Å²) >= 11 is 0. The highest BCUT2D eigenvalue weighted by Crippen LogP contribution is 2.36. The molecule has 3 heteroatoms. The number of rotatable bonds is 5. The number of halogens is 2. The van der Waals surface area contributed by atoms with Crippen molar-refractivity contribution in [2.24, 2.45) is 5.92 Å². The van der Waals surface area contributed by atoms with Crippen molar-refractivity contribution in [1.29, 1.82) is 0 Å². The van der Waals surface area contributed by atoms with E-state index in [1.165, 1.54) is 18.9 Å². The van der Waals surface area contributed by atoms with E-state index in [4.69, 9.17) is 0 Å². The van der Waals surface area contributed by atoms with Gasteiger partial charge in [-0.3, -0.25) is 0 Å². The van der Waals surface area contributed by atoms with Gasteiger partial charge in [-0.25, -0.2) is 8.78 Å². The SMILES string of the molecule is CCCNC(c1ccc(F)cc1F)C1CCCC1. The van der Waals surface area contributed by atoms with Crippen LogP contribution in [0, 0.1) is 17.6 Å². The van der Waals surface area contributed by atoms with Crippen molar-refractivity contribution in [3.63, 3.8) is 0 Å². The van der Waals surface area contributed by atoms with Crippen molar-refractivity contribution in [1.82, 2.24) is 5.32 Å². The fourth-order valence-electron chi connectivity index (χ4n) is 2.87. The van der Waals surface area contributed by atoms with E-state index >= 15 is 0 Å². The van der Waals surface area contributed by atoms with Crippen LogP contribution >= 0.6 is 0 Å². The maximum absolute atomic E-state index is 13.9. The molecule has 0 amide bonds. The van der Waals surface area contributed by atoms with Crippen LogP contribution in [-0.4, -0.2) is 6.54 Å². The zero-order valence-corrected chi connectivity index (χ0v) is 10.9. The van der Waals surface area contributed by atoms with E-state index in [2.05, 4.69) is 12.2 Å². The predicted octanol–water partition coefficient (Wildman–Crippen LogP) is 4.20. The Hall–Kier alpha value is -0.960. The van der Waals surface area contributed by atoms with E-state index in [1.807, 2.05) is 0 Å². The van der Waals surface area contributed by atoms with E-state index in [1.54, 1.807) is 6.07 Å². The first-order valence-corrected chi connectivity index (χ1v) is 6.90. The molecular formula is C15H21F2N. The molecule has 1 aromatic carbocycles. The first-order valence-electron chi connectivity index (χ1n) is 6.90. The van der Waals surface area contributed by atoms with E-state index in [-0.39, 0.29) is 6.04 Å². The second-order valence-electron chi connectivity index (χ2n) is 5.14. The molecular weight excluding hydrogens is 232 g/mol. The summed E-state index contributed by atoms with van der Waals surface area (Å²) in [7, 11) is 0. The third kappa shape index (κ3) is 3.08. The van der Waals surface area contributed by atoms with Gasteiger partial charge in [0.2, 0.25) is 0 Å². The Labute approximate surface area is 108 Å². The van der Waals surface area contributed by atoms with Crippen LogP contribution in [0.4, 0.5) is 8.78 Å². The van der Waals surface area contributed by atoms with E-state index in [0.717, 1.165) is 31.9 Å². The Bertz CT molecular complexity index is 386. The van der Waals surface area contributed by atoms with Gasteiger partial charge in [0.25, 0.3) is 0 Å². The number of hydrogen-bond donors (Lipinski definition) is 1. The minimum atomic E-state index is -0.503. The van der Waals surface area contributed by atoms with Gasteiger partial charge >= 0.3 is 0 Å². The zero-order chi connectivity index (χ0) is 13.0. The molecule has 18 heavy (non-hydrogen) atoms. The molecule has 0 spiro atoms. The molecule has 0 aliphatic heterocycles. The van der Waals surface area contributed by atoms with Crippen molar-refractivity contribution in [3.8, 4) is 0 Å². The Morgan fingerprint density at radius 1 is 1.28 bits per heavy atom. The molecule has 2 rings (SSSR count). The van der Waals surface area contributed by atoms with Crippen LogP contribution < -0.4 is 5.32 Å². The molecule has 1 fully saturated rings. The molecule has 1 aromatic rings. The Kier molecular flexibility index (Phi) is 4.70. The first kappa shape index (κ1) is 13.5. The lowest BCUT2D eigenvalue weighted by molar-refractivity contribution is 0.356. The summed E-state index contributed by atoms with van der Waals surface area (Å²) in [5.74, 6) is -0.441. The van der Waals surface area contributed by atoms with E-state index in [9.17, 15) is 8.78 Å². The van der Waals surface area contributed by atoms with Gasteiger partial charge in [-0.15, -0.1) is 0 Å². The average molecular weight is 253 g/mol. The van der Waals surface area contributed by atoms with Crippen molar-refractivity contribution < 1.29 is 8.78 Å². The van der Waals surface area contributed by atoms with Crippen LogP contribution in [0.25, 0.3) is 0 Å². The number of nitrogens with one attached hydrogen (secondary N) is 1.